The molecule has 4 aromatic heterocycles. The van der Waals surface area contributed by atoms with Crippen LogP contribution in [0.5, 0.6) is 11.5 Å². The number of carbonyl (C=O) groups is 1. The van der Waals surface area contributed by atoms with E-state index in [0.29, 0.717) is 44.7 Å². The monoisotopic (exact) mass is 973 g/mol. The summed E-state index contributed by atoms with van der Waals surface area (Å²) >= 11 is 0. The SMILES string of the molecule is CC(C)(C)OC(=O)NC(CO)CC(F)(F)F.Cc1nccc2c1c(=O)n(C)c1cc(OC[C@@H](N)CC(F)(F)F)ccc21.Cc1nccc2c1c(=O)n(C)c1cc(OC[C@H](N)CC(F)(F)F)ccc21. The minimum absolute atomic E-state index is 0.191. The first-order chi connectivity index (χ1) is 31.4. The largest absolute Gasteiger partial charge is 0.492 e. The number of aryl methyl sites for hydroxylation is 4. The van der Waals surface area contributed by atoms with Crippen LogP contribution in [0.3, 0.4) is 0 Å². The van der Waals surface area contributed by atoms with Gasteiger partial charge in [0.2, 0.25) is 0 Å². The molecule has 23 heteroatoms. The number of nitrogens with zero attached hydrogens (tertiary/aromatic N) is 4. The third kappa shape index (κ3) is 15.4. The topological polar surface area (TPSA) is 199 Å². The Morgan fingerprint density at radius 2 is 1.04 bits per heavy atom. The summed E-state index contributed by atoms with van der Waals surface area (Å²) in [4.78, 5) is 44.7. The number of nitrogens with one attached hydrogen (secondary N) is 1. The molecule has 68 heavy (non-hydrogen) atoms. The van der Waals surface area contributed by atoms with Crippen molar-refractivity contribution >= 4 is 49.4 Å². The third-order valence-electron chi connectivity index (χ3n) is 9.89. The van der Waals surface area contributed by atoms with Gasteiger partial charge in [0, 0.05) is 61.5 Å². The molecule has 1 amide bonds. The number of aromatic nitrogens is 4. The molecule has 0 bridgehead atoms. The molecule has 1 unspecified atom stereocenters. The minimum atomic E-state index is -4.44. The molecular formula is C45H52F9N7O7. The molecule has 0 spiro atoms. The van der Waals surface area contributed by atoms with Crippen LogP contribution in [0, 0.1) is 13.8 Å². The van der Waals surface area contributed by atoms with Crippen LogP contribution >= 0.6 is 0 Å². The highest BCUT2D eigenvalue weighted by molar-refractivity contribution is 6.07. The zero-order chi connectivity index (χ0) is 51.1. The molecule has 4 heterocycles. The number of pyridine rings is 4. The number of rotatable bonds is 11. The molecule has 0 radical (unpaired) electrons. The fraction of sp³-hybridized carbons (Fsp3) is 0.444. The number of fused-ring (bicyclic) bond motifs is 6. The fourth-order valence-corrected chi connectivity index (χ4v) is 6.92. The second-order valence-electron chi connectivity index (χ2n) is 16.8. The molecule has 6 rings (SSSR count). The Hall–Kier alpha value is -6.20. The number of alkyl halides is 9. The summed E-state index contributed by atoms with van der Waals surface area (Å²) in [5, 5.41) is 14.9. The first kappa shape index (κ1) is 54.4. The number of benzene rings is 2. The number of hydrogen-bond acceptors (Lipinski definition) is 11. The summed E-state index contributed by atoms with van der Waals surface area (Å²) in [6, 6.07) is 9.98. The predicted molar refractivity (Wildman–Crippen MR) is 238 cm³/mol. The van der Waals surface area contributed by atoms with E-state index in [1.807, 2.05) is 5.32 Å². The van der Waals surface area contributed by atoms with Gasteiger partial charge in [-0.2, -0.15) is 39.5 Å². The molecule has 14 nitrogen and oxygen atoms in total. The third-order valence-corrected chi connectivity index (χ3v) is 9.89. The highest BCUT2D eigenvalue weighted by Crippen LogP contribution is 2.30. The van der Waals surface area contributed by atoms with Crippen molar-refractivity contribution in [1.29, 1.82) is 0 Å². The molecule has 6 aromatic rings. The molecule has 0 saturated heterocycles. The van der Waals surface area contributed by atoms with Crippen LogP contribution in [0.1, 0.15) is 51.4 Å². The van der Waals surface area contributed by atoms with Crippen molar-refractivity contribution in [3.05, 3.63) is 93.0 Å². The predicted octanol–water partition coefficient (Wildman–Crippen LogP) is 7.93. The minimum Gasteiger partial charge on any atom is -0.492 e. The van der Waals surface area contributed by atoms with E-state index < -0.39 is 74.2 Å². The number of halogens is 9. The Labute approximate surface area is 383 Å². The normalized spacial score (nSPS) is 13.6. The Kier molecular flexibility index (Phi) is 17.5. The average molecular weight is 974 g/mol. The molecule has 372 valence electrons. The van der Waals surface area contributed by atoms with Gasteiger partial charge in [0.1, 0.15) is 30.3 Å². The number of nitrogens with two attached hydrogens (primary N) is 2. The molecule has 0 aliphatic carbocycles. The van der Waals surface area contributed by atoms with Gasteiger partial charge in [-0.25, -0.2) is 4.79 Å². The maximum absolute atomic E-state index is 12.6. The Morgan fingerprint density at radius 1 is 0.662 bits per heavy atom. The summed E-state index contributed by atoms with van der Waals surface area (Å²) < 4.78 is 128. The lowest BCUT2D eigenvalue weighted by Gasteiger charge is -2.23. The van der Waals surface area contributed by atoms with Crippen LogP contribution in [-0.4, -0.2) is 92.4 Å². The summed E-state index contributed by atoms with van der Waals surface area (Å²) in [5.74, 6) is 0.713. The van der Waals surface area contributed by atoms with E-state index in [-0.39, 0.29) is 24.3 Å². The van der Waals surface area contributed by atoms with E-state index in [1.54, 1.807) is 110 Å². The van der Waals surface area contributed by atoms with Gasteiger partial charge in [-0.05, 0) is 81.8 Å². The second-order valence-corrected chi connectivity index (χ2v) is 16.8. The number of alkyl carbamates (subject to hydrolysis) is 1. The molecule has 0 aliphatic heterocycles. The standard InChI is InChI=1S/2C18H18F3N3O2.C9H16F3NO3/c2*1-10-16-14(5-6-23-10)13-4-3-12(7-15(13)24(2)17(16)25)26-9-11(22)8-18(19,20)21;1-8(2,3)16-7(15)13-6(5-14)4-9(10,11)12/h2*3-7,11H,8-9,22H2,1-2H3;6,14H,4-5H2,1-3H3,(H,13,15)/t2*11-;/m10./s1. The van der Waals surface area contributed by atoms with Crippen molar-refractivity contribution in [3.8, 4) is 11.5 Å². The number of ether oxygens (including phenoxy) is 3. The van der Waals surface area contributed by atoms with Gasteiger partial charge in [0.15, 0.2) is 0 Å². The lowest BCUT2D eigenvalue weighted by Crippen LogP contribution is -2.43. The van der Waals surface area contributed by atoms with Gasteiger partial charge in [0.05, 0.1) is 65.1 Å². The summed E-state index contributed by atoms with van der Waals surface area (Å²) in [7, 11) is 3.27. The van der Waals surface area contributed by atoms with E-state index in [2.05, 4.69) is 9.97 Å². The quantitative estimate of drug-likeness (QED) is 0.0727. The van der Waals surface area contributed by atoms with E-state index in [0.717, 1.165) is 21.5 Å². The van der Waals surface area contributed by atoms with Crippen LogP contribution in [0.15, 0.2) is 70.5 Å². The smallest absolute Gasteiger partial charge is 0.407 e. The van der Waals surface area contributed by atoms with Gasteiger partial charge in [-0.1, -0.05) is 0 Å². The van der Waals surface area contributed by atoms with Gasteiger partial charge in [-0.3, -0.25) is 19.6 Å². The van der Waals surface area contributed by atoms with E-state index >= 15 is 0 Å². The summed E-state index contributed by atoms with van der Waals surface area (Å²) in [5.41, 5.74) is 12.3. The van der Waals surface area contributed by atoms with Gasteiger partial charge in [0.25, 0.3) is 11.1 Å². The highest BCUT2D eigenvalue weighted by Gasteiger charge is 2.34. The average Bonchev–Trinajstić information content (AvgIpc) is 3.21. The first-order valence-electron chi connectivity index (χ1n) is 20.7. The zero-order valence-corrected chi connectivity index (χ0v) is 38.0. The fourth-order valence-electron chi connectivity index (χ4n) is 6.92. The highest BCUT2D eigenvalue weighted by atomic mass is 19.4. The number of carbonyl (C=O) groups excluding carboxylic acids is 1. The lowest BCUT2D eigenvalue weighted by atomic mass is 10.1. The maximum atomic E-state index is 12.6. The molecule has 2 aromatic carbocycles. The van der Waals surface area contributed by atoms with Crippen molar-refractivity contribution in [2.45, 2.75) is 96.1 Å². The van der Waals surface area contributed by atoms with Crippen LogP contribution in [-0.2, 0) is 18.8 Å². The molecule has 3 atom stereocenters. The summed E-state index contributed by atoms with van der Waals surface area (Å²) in [6.45, 7) is 6.98. The first-order valence-corrected chi connectivity index (χ1v) is 20.7. The van der Waals surface area contributed by atoms with E-state index in [4.69, 9.17) is 30.8 Å². The van der Waals surface area contributed by atoms with Crippen molar-refractivity contribution in [2.24, 2.45) is 25.6 Å². The van der Waals surface area contributed by atoms with Crippen LogP contribution in [0.4, 0.5) is 44.3 Å². The molecule has 6 N–H and O–H groups in total. The van der Waals surface area contributed by atoms with Crippen molar-refractivity contribution in [2.75, 3.05) is 19.8 Å². The van der Waals surface area contributed by atoms with Gasteiger partial charge >= 0.3 is 24.6 Å². The Balaban J connectivity index is 0.000000230. The molecule has 0 fully saturated rings. The van der Waals surface area contributed by atoms with Crippen LogP contribution in [0.2, 0.25) is 0 Å². The number of aliphatic hydroxyl groups is 1. The number of amides is 1. The Morgan fingerprint density at radius 3 is 1.38 bits per heavy atom. The van der Waals surface area contributed by atoms with Crippen LogP contribution in [0.25, 0.3) is 43.4 Å². The number of aliphatic hydroxyl groups excluding tert-OH is 1. The molecule has 0 saturated carbocycles. The zero-order valence-electron chi connectivity index (χ0n) is 38.0. The van der Waals surface area contributed by atoms with Gasteiger partial charge in [-0.15, -0.1) is 0 Å². The lowest BCUT2D eigenvalue weighted by molar-refractivity contribution is -0.142. The van der Waals surface area contributed by atoms with E-state index in [9.17, 15) is 53.9 Å². The van der Waals surface area contributed by atoms with Gasteiger partial charge < -0.3 is 45.2 Å². The van der Waals surface area contributed by atoms with E-state index in [1.165, 1.54) is 9.13 Å². The Bertz CT molecular complexity index is 2670. The van der Waals surface area contributed by atoms with Crippen molar-refractivity contribution in [3.63, 3.8) is 0 Å². The maximum Gasteiger partial charge on any atom is 0.407 e. The van der Waals surface area contributed by atoms with Crippen molar-refractivity contribution in [1.82, 2.24) is 24.4 Å². The van der Waals surface area contributed by atoms with Crippen LogP contribution < -0.4 is 37.4 Å². The molecular weight excluding hydrogens is 922 g/mol. The van der Waals surface area contributed by atoms with Crippen molar-refractivity contribution < 1.29 is 63.6 Å². The molecule has 0 aliphatic rings. The summed E-state index contributed by atoms with van der Waals surface area (Å²) in [6.07, 6.45) is -14.3. The number of hydrogen-bond donors (Lipinski definition) is 4. The second kappa shape index (κ2) is 21.8.